The summed E-state index contributed by atoms with van der Waals surface area (Å²) in [7, 11) is 0. The Morgan fingerprint density at radius 2 is 2.00 bits per heavy atom. The zero-order valence-electron chi connectivity index (χ0n) is 13.3. The Bertz CT molecular complexity index is 849. The SMILES string of the molecule is CC.Cc1ccc(NSc2cccc(C#N)c2)c2[nH]cc(Br)c12. The summed E-state index contributed by atoms with van der Waals surface area (Å²) in [4.78, 5) is 4.29. The lowest BCUT2D eigenvalue weighted by atomic mass is 10.1. The third-order valence-electron chi connectivity index (χ3n) is 3.24. The summed E-state index contributed by atoms with van der Waals surface area (Å²) in [6.07, 6.45) is 1.95. The molecule has 1 aromatic heterocycles. The van der Waals surface area contributed by atoms with Gasteiger partial charge in [-0.25, -0.2) is 0 Å². The third kappa shape index (κ3) is 3.90. The molecule has 3 aromatic rings. The first-order chi connectivity index (χ1) is 11.2. The molecule has 0 radical (unpaired) electrons. The number of aryl methyl sites for hydroxylation is 1. The molecule has 0 spiro atoms. The minimum absolute atomic E-state index is 0.665. The number of anilines is 1. The number of benzene rings is 2. The minimum atomic E-state index is 0.665. The Balaban J connectivity index is 0.000000924. The Kier molecular flexibility index (Phi) is 6.14. The van der Waals surface area contributed by atoms with Gasteiger partial charge < -0.3 is 9.71 Å². The molecule has 0 aliphatic rings. The van der Waals surface area contributed by atoms with Crippen LogP contribution in [0.25, 0.3) is 10.9 Å². The van der Waals surface area contributed by atoms with Crippen molar-refractivity contribution in [2.24, 2.45) is 0 Å². The van der Waals surface area contributed by atoms with Crippen molar-refractivity contribution in [3.8, 4) is 6.07 Å². The number of rotatable bonds is 3. The molecule has 2 N–H and O–H groups in total. The van der Waals surface area contributed by atoms with Gasteiger partial charge >= 0.3 is 0 Å². The van der Waals surface area contributed by atoms with Crippen LogP contribution in [0, 0.1) is 18.3 Å². The number of nitrogens with zero attached hydrogens (tertiary/aromatic N) is 1. The molecule has 118 valence electrons. The minimum Gasteiger partial charge on any atom is -0.358 e. The topological polar surface area (TPSA) is 51.6 Å². The van der Waals surface area contributed by atoms with Crippen LogP contribution in [-0.2, 0) is 0 Å². The zero-order chi connectivity index (χ0) is 16.8. The van der Waals surface area contributed by atoms with Crippen molar-refractivity contribution in [2.45, 2.75) is 25.7 Å². The molecule has 3 nitrogen and oxygen atoms in total. The molecule has 0 amide bonds. The first kappa shape index (κ1) is 17.5. The summed E-state index contributed by atoms with van der Waals surface area (Å²) >= 11 is 5.06. The number of H-pyrrole nitrogens is 1. The van der Waals surface area contributed by atoms with Gasteiger partial charge in [0.1, 0.15) is 0 Å². The van der Waals surface area contributed by atoms with Crippen LogP contribution in [0.4, 0.5) is 5.69 Å². The number of nitrogens with one attached hydrogen (secondary N) is 2. The number of halogens is 1. The van der Waals surface area contributed by atoms with Crippen molar-refractivity contribution in [2.75, 3.05) is 4.72 Å². The highest BCUT2D eigenvalue weighted by Gasteiger charge is 2.09. The summed E-state index contributed by atoms with van der Waals surface area (Å²) in [5, 5.41) is 10.1. The van der Waals surface area contributed by atoms with Crippen molar-refractivity contribution in [3.63, 3.8) is 0 Å². The molecule has 0 aliphatic carbocycles. The molecule has 3 rings (SSSR count). The lowest BCUT2D eigenvalue weighted by molar-refractivity contribution is 1.40. The van der Waals surface area contributed by atoms with E-state index >= 15 is 0 Å². The van der Waals surface area contributed by atoms with E-state index in [9.17, 15) is 0 Å². The van der Waals surface area contributed by atoms with Crippen LogP contribution < -0.4 is 4.72 Å². The molecule has 0 atom stereocenters. The summed E-state index contributed by atoms with van der Waals surface area (Å²) in [5.41, 5.74) is 3.98. The van der Waals surface area contributed by atoms with E-state index in [1.165, 1.54) is 22.9 Å². The molecule has 23 heavy (non-hydrogen) atoms. The van der Waals surface area contributed by atoms with Crippen LogP contribution in [0.5, 0.6) is 0 Å². The van der Waals surface area contributed by atoms with Gasteiger partial charge in [-0.05, 0) is 64.6 Å². The Labute approximate surface area is 149 Å². The Hall–Kier alpha value is -1.90. The average Bonchev–Trinajstić information content (AvgIpc) is 2.99. The van der Waals surface area contributed by atoms with Gasteiger partial charge in [-0.15, -0.1) is 0 Å². The molecule has 0 aliphatic heterocycles. The number of aromatic amines is 1. The maximum atomic E-state index is 8.93. The van der Waals surface area contributed by atoms with Crippen molar-refractivity contribution in [3.05, 3.63) is 58.2 Å². The number of hydrogen-bond donors (Lipinski definition) is 2. The van der Waals surface area contributed by atoms with Crippen molar-refractivity contribution in [1.82, 2.24) is 4.98 Å². The largest absolute Gasteiger partial charge is 0.358 e. The predicted molar refractivity (Wildman–Crippen MR) is 103 cm³/mol. The van der Waals surface area contributed by atoms with E-state index < -0.39 is 0 Å². The molecule has 0 fully saturated rings. The maximum absolute atomic E-state index is 8.93. The van der Waals surface area contributed by atoms with Crippen LogP contribution in [-0.4, -0.2) is 4.98 Å². The monoisotopic (exact) mass is 387 g/mol. The first-order valence-electron chi connectivity index (χ1n) is 7.38. The van der Waals surface area contributed by atoms with Crippen molar-refractivity contribution >= 4 is 44.5 Å². The molecular weight excluding hydrogens is 370 g/mol. The highest BCUT2D eigenvalue weighted by atomic mass is 79.9. The molecule has 5 heteroatoms. The van der Waals surface area contributed by atoms with Crippen molar-refractivity contribution < 1.29 is 0 Å². The quantitative estimate of drug-likeness (QED) is 0.521. The van der Waals surface area contributed by atoms with Crippen LogP contribution in [0.15, 0.2) is 52.0 Å². The summed E-state index contributed by atoms with van der Waals surface area (Å²) < 4.78 is 4.42. The lowest BCUT2D eigenvalue weighted by Crippen LogP contribution is -1.89. The van der Waals surface area contributed by atoms with Crippen LogP contribution in [0.1, 0.15) is 25.0 Å². The van der Waals surface area contributed by atoms with Gasteiger partial charge in [-0.3, -0.25) is 0 Å². The fraction of sp³-hybridized carbons (Fsp3) is 0.167. The second-order valence-corrected chi connectivity index (χ2v) is 6.39. The standard InChI is InChI=1S/C16H12BrN3S.C2H6/c1-10-5-6-14(16-15(10)13(17)9-19-16)20-21-12-4-2-3-11(7-12)8-18;1-2/h2-7,9,19-20H,1H3;1-2H3. The van der Waals surface area contributed by atoms with E-state index in [4.69, 9.17) is 5.26 Å². The van der Waals surface area contributed by atoms with Gasteiger partial charge in [0, 0.05) is 21.0 Å². The number of aromatic nitrogens is 1. The van der Waals surface area contributed by atoms with E-state index in [-0.39, 0.29) is 0 Å². The third-order valence-corrected chi connectivity index (χ3v) is 4.67. The normalized spacial score (nSPS) is 9.87. The Morgan fingerprint density at radius 1 is 1.22 bits per heavy atom. The van der Waals surface area contributed by atoms with Gasteiger partial charge in [0.25, 0.3) is 0 Å². The van der Waals surface area contributed by atoms with Gasteiger partial charge in [0.05, 0.1) is 22.8 Å². The highest BCUT2D eigenvalue weighted by molar-refractivity contribution is 9.10. The second kappa shape index (κ2) is 8.09. The van der Waals surface area contributed by atoms with Gasteiger partial charge in [0.15, 0.2) is 0 Å². The van der Waals surface area contributed by atoms with Crippen LogP contribution in [0.3, 0.4) is 0 Å². The summed E-state index contributed by atoms with van der Waals surface area (Å²) in [5.74, 6) is 0. The molecule has 0 saturated heterocycles. The van der Waals surface area contributed by atoms with E-state index in [0.717, 1.165) is 20.6 Å². The van der Waals surface area contributed by atoms with E-state index in [1.54, 1.807) is 6.07 Å². The molecular formula is C18H18BrN3S. The fourth-order valence-electron chi connectivity index (χ4n) is 2.20. The van der Waals surface area contributed by atoms with Gasteiger partial charge in [0.2, 0.25) is 0 Å². The van der Waals surface area contributed by atoms with Gasteiger partial charge in [-0.2, -0.15) is 5.26 Å². The van der Waals surface area contributed by atoms with E-state index in [0.29, 0.717) is 5.56 Å². The zero-order valence-corrected chi connectivity index (χ0v) is 15.7. The number of nitriles is 1. The van der Waals surface area contributed by atoms with Crippen LogP contribution in [0.2, 0.25) is 0 Å². The smallest absolute Gasteiger partial charge is 0.0992 e. The highest BCUT2D eigenvalue weighted by Crippen LogP contribution is 2.33. The van der Waals surface area contributed by atoms with E-state index in [1.807, 2.05) is 38.2 Å². The summed E-state index contributed by atoms with van der Waals surface area (Å²) in [6, 6.07) is 13.8. The fourth-order valence-corrected chi connectivity index (χ4v) is 3.56. The Morgan fingerprint density at radius 3 is 2.74 bits per heavy atom. The lowest BCUT2D eigenvalue weighted by Gasteiger charge is -2.08. The molecule has 2 aromatic carbocycles. The number of fused-ring (bicyclic) bond motifs is 1. The second-order valence-electron chi connectivity index (χ2n) is 4.66. The molecule has 0 saturated carbocycles. The molecule has 0 bridgehead atoms. The maximum Gasteiger partial charge on any atom is 0.0992 e. The molecule has 0 unspecified atom stereocenters. The predicted octanol–water partition coefficient (Wildman–Crippen LogP) is 6.26. The average molecular weight is 388 g/mol. The van der Waals surface area contributed by atoms with E-state index in [2.05, 4.69) is 50.8 Å². The summed E-state index contributed by atoms with van der Waals surface area (Å²) in [6.45, 7) is 6.09. The first-order valence-corrected chi connectivity index (χ1v) is 8.99. The molecule has 1 heterocycles. The van der Waals surface area contributed by atoms with Gasteiger partial charge in [-0.1, -0.05) is 26.0 Å². The van der Waals surface area contributed by atoms with Crippen molar-refractivity contribution in [1.29, 1.82) is 5.26 Å². The van der Waals surface area contributed by atoms with Crippen LogP contribution >= 0.6 is 27.9 Å². The number of hydrogen-bond acceptors (Lipinski definition) is 3.